The highest BCUT2D eigenvalue weighted by Crippen LogP contribution is 2.15. The van der Waals surface area contributed by atoms with Crippen LogP contribution in [0.2, 0.25) is 0 Å². The summed E-state index contributed by atoms with van der Waals surface area (Å²) in [7, 11) is 0. The summed E-state index contributed by atoms with van der Waals surface area (Å²) in [5.74, 6) is -0.449. The summed E-state index contributed by atoms with van der Waals surface area (Å²) in [5.41, 5.74) is 6.72. The predicted octanol–water partition coefficient (Wildman–Crippen LogP) is 1.47. The topological polar surface area (TPSA) is 67.6 Å². The lowest BCUT2D eigenvalue weighted by Crippen LogP contribution is -1.98. The first-order valence-corrected chi connectivity index (χ1v) is 4.21. The van der Waals surface area contributed by atoms with Crippen LogP contribution in [-0.2, 0) is 0 Å². The first-order valence-electron chi connectivity index (χ1n) is 4.21. The molecule has 74 valence electrons. The molecule has 1 aromatic carbocycles. The molecule has 0 aliphatic carbocycles. The standard InChI is InChI=1S/C10H7FN4/c11-8-1-2-10(7(3-8)4-12)15-6-9(13)5-14-15/h1-3,5-6H,13H2. The van der Waals surface area contributed by atoms with Crippen molar-refractivity contribution in [3.8, 4) is 11.8 Å². The molecule has 4 nitrogen and oxygen atoms in total. The van der Waals surface area contributed by atoms with E-state index in [-0.39, 0.29) is 5.56 Å². The van der Waals surface area contributed by atoms with E-state index in [1.165, 1.54) is 23.0 Å². The van der Waals surface area contributed by atoms with Gasteiger partial charge in [-0.25, -0.2) is 9.07 Å². The summed E-state index contributed by atoms with van der Waals surface area (Å²) >= 11 is 0. The SMILES string of the molecule is N#Cc1cc(F)ccc1-n1cc(N)cn1. The summed E-state index contributed by atoms with van der Waals surface area (Å²) < 4.78 is 14.3. The summed E-state index contributed by atoms with van der Waals surface area (Å²) in [6.45, 7) is 0. The fraction of sp³-hybridized carbons (Fsp3) is 0. The molecular weight excluding hydrogens is 195 g/mol. The molecule has 0 aliphatic heterocycles. The molecule has 0 aliphatic rings. The van der Waals surface area contributed by atoms with Gasteiger partial charge in [0.05, 0.1) is 29.3 Å². The molecule has 0 saturated carbocycles. The minimum absolute atomic E-state index is 0.220. The number of hydrogen-bond donors (Lipinski definition) is 1. The van der Waals surface area contributed by atoms with E-state index in [1.807, 2.05) is 6.07 Å². The normalized spacial score (nSPS) is 9.87. The lowest BCUT2D eigenvalue weighted by atomic mass is 10.2. The van der Waals surface area contributed by atoms with E-state index < -0.39 is 5.82 Å². The Morgan fingerprint density at radius 3 is 2.87 bits per heavy atom. The zero-order chi connectivity index (χ0) is 10.8. The van der Waals surface area contributed by atoms with Crippen molar-refractivity contribution in [2.75, 3.05) is 5.73 Å². The molecule has 2 N–H and O–H groups in total. The fourth-order valence-electron chi connectivity index (χ4n) is 1.27. The second-order valence-corrected chi connectivity index (χ2v) is 2.99. The largest absolute Gasteiger partial charge is 0.396 e. The maximum absolute atomic E-state index is 12.8. The molecule has 0 unspecified atom stereocenters. The van der Waals surface area contributed by atoms with Gasteiger partial charge in [-0.1, -0.05) is 0 Å². The van der Waals surface area contributed by atoms with Gasteiger partial charge in [-0.3, -0.25) is 0 Å². The van der Waals surface area contributed by atoms with Crippen molar-refractivity contribution in [3.63, 3.8) is 0 Å². The monoisotopic (exact) mass is 202 g/mol. The third kappa shape index (κ3) is 1.65. The molecule has 0 amide bonds. The molecule has 0 atom stereocenters. The van der Waals surface area contributed by atoms with Crippen LogP contribution in [0.5, 0.6) is 0 Å². The van der Waals surface area contributed by atoms with E-state index in [0.29, 0.717) is 11.4 Å². The molecule has 2 aromatic rings. The Hall–Kier alpha value is -2.35. The van der Waals surface area contributed by atoms with Gasteiger partial charge in [0, 0.05) is 0 Å². The molecule has 0 fully saturated rings. The number of nitrogen functional groups attached to an aromatic ring is 1. The van der Waals surface area contributed by atoms with Crippen molar-refractivity contribution in [2.24, 2.45) is 0 Å². The van der Waals surface area contributed by atoms with E-state index >= 15 is 0 Å². The second-order valence-electron chi connectivity index (χ2n) is 2.99. The highest BCUT2D eigenvalue weighted by atomic mass is 19.1. The summed E-state index contributed by atoms with van der Waals surface area (Å²) in [6, 6.07) is 5.82. The zero-order valence-electron chi connectivity index (χ0n) is 7.68. The molecule has 1 aromatic heterocycles. The van der Waals surface area contributed by atoms with Crippen LogP contribution in [0, 0.1) is 17.1 Å². The van der Waals surface area contributed by atoms with Crippen molar-refractivity contribution in [1.29, 1.82) is 5.26 Å². The summed E-state index contributed by atoms with van der Waals surface area (Å²) in [5, 5.41) is 12.8. The molecule has 0 saturated heterocycles. The van der Waals surface area contributed by atoms with Crippen LogP contribution in [0.3, 0.4) is 0 Å². The average molecular weight is 202 g/mol. The molecule has 0 bridgehead atoms. The number of rotatable bonds is 1. The Balaban J connectivity index is 2.58. The second kappa shape index (κ2) is 3.42. The van der Waals surface area contributed by atoms with Gasteiger partial charge in [0.25, 0.3) is 0 Å². The first kappa shape index (κ1) is 9.21. The van der Waals surface area contributed by atoms with Crippen molar-refractivity contribution in [1.82, 2.24) is 9.78 Å². The first-order chi connectivity index (χ1) is 7.20. The number of aromatic nitrogens is 2. The number of nitrogens with zero attached hydrogens (tertiary/aromatic N) is 3. The number of halogens is 1. The lowest BCUT2D eigenvalue weighted by molar-refractivity contribution is 0.626. The molecule has 0 radical (unpaired) electrons. The van der Waals surface area contributed by atoms with Gasteiger partial charge in [-0.15, -0.1) is 0 Å². The van der Waals surface area contributed by atoms with Crippen molar-refractivity contribution >= 4 is 5.69 Å². The molecular formula is C10H7FN4. The van der Waals surface area contributed by atoms with Gasteiger partial charge in [-0.2, -0.15) is 10.4 Å². The summed E-state index contributed by atoms with van der Waals surface area (Å²) in [6.07, 6.45) is 3.03. The fourth-order valence-corrected chi connectivity index (χ4v) is 1.27. The predicted molar refractivity (Wildman–Crippen MR) is 52.6 cm³/mol. The van der Waals surface area contributed by atoms with Crippen LogP contribution in [0.1, 0.15) is 5.56 Å². The third-order valence-corrected chi connectivity index (χ3v) is 1.93. The molecule has 1 heterocycles. The van der Waals surface area contributed by atoms with Gasteiger partial charge in [-0.05, 0) is 18.2 Å². The quantitative estimate of drug-likeness (QED) is 0.761. The van der Waals surface area contributed by atoms with Gasteiger partial charge < -0.3 is 5.73 Å². The van der Waals surface area contributed by atoms with E-state index in [2.05, 4.69) is 5.10 Å². The number of benzene rings is 1. The molecule has 2 rings (SSSR count). The van der Waals surface area contributed by atoms with Gasteiger partial charge in [0.2, 0.25) is 0 Å². The van der Waals surface area contributed by atoms with Crippen LogP contribution in [-0.4, -0.2) is 9.78 Å². The van der Waals surface area contributed by atoms with Crippen LogP contribution in [0.15, 0.2) is 30.6 Å². The van der Waals surface area contributed by atoms with E-state index in [9.17, 15) is 4.39 Å². The van der Waals surface area contributed by atoms with Crippen LogP contribution in [0.4, 0.5) is 10.1 Å². The minimum atomic E-state index is -0.449. The van der Waals surface area contributed by atoms with Gasteiger partial charge in [0.15, 0.2) is 0 Å². The highest BCUT2D eigenvalue weighted by molar-refractivity contribution is 5.49. The van der Waals surface area contributed by atoms with Crippen molar-refractivity contribution in [2.45, 2.75) is 0 Å². The number of nitrogens with two attached hydrogens (primary N) is 1. The van der Waals surface area contributed by atoms with Gasteiger partial charge in [0.1, 0.15) is 11.9 Å². The smallest absolute Gasteiger partial charge is 0.124 e. The Labute approximate surface area is 85.4 Å². The Bertz CT molecular complexity index is 539. The van der Waals surface area contributed by atoms with E-state index in [1.54, 1.807) is 6.20 Å². The molecule has 0 spiro atoms. The van der Waals surface area contributed by atoms with E-state index in [4.69, 9.17) is 11.0 Å². The van der Waals surface area contributed by atoms with Crippen molar-refractivity contribution in [3.05, 3.63) is 42.0 Å². The number of hydrogen-bond acceptors (Lipinski definition) is 3. The molecule has 15 heavy (non-hydrogen) atoms. The minimum Gasteiger partial charge on any atom is -0.396 e. The van der Waals surface area contributed by atoms with Crippen molar-refractivity contribution < 1.29 is 4.39 Å². The van der Waals surface area contributed by atoms with E-state index in [0.717, 1.165) is 6.07 Å². The maximum atomic E-state index is 12.8. The highest BCUT2D eigenvalue weighted by Gasteiger charge is 2.06. The van der Waals surface area contributed by atoms with Crippen LogP contribution < -0.4 is 5.73 Å². The zero-order valence-corrected chi connectivity index (χ0v) is 7.68. The molecule has 5 heteroatoms. The van der Waals surface area contributed by atoms with Crippen LogP contribution in [0.25, 0.3) is 5.69 Å². The summed E-state index contributed by atoms with van der Waals surface area (Å²) in [4.78, 5) is 0. The Morgan fingerprint density at radius 2 is 2.27 bits per heavy atom. The number of anilines is 1. The number of nitriles is 1. The lowest BCUT2D eigenvalue weighted by Gasteiger charge is -2.02. The Kier molecular flexibility index (Phi) is 2.10. The Morgan fingerprint density at radius 1 is 1.47 bits per heavy atom. The maximum Gasteiger partial charge on any atom is 0.124 e. The van der Waals surface area contributed by atoms with Gasteiger partial charge >= 0.3 is 0 Å². The average Bonchev–Trinajstić information content (AvgIpc) is 2.64. The van der Waals surface area contributed by atoms with Crippen LogP contribution >= 0.6 is 0 Å². The third-order valence-electron chi connectivity index (χ3n) is 1.93.